The second kappa shape index (κ2) is 9.43. The Labute approximate surface area is 143 Å². The Balaban J connectivity index is 0.000000215. The maximum Gasteiger partial charge on any atom is 0.0812 e. The zero-order chi connectivity index (χ0) is 17.5. The smallest absolute Gasteiger partial charge is 0.0812 e. The van der Waals surface area contributed by atoms with Crippen LogP contribution in [0.4, 0.5) is 0 Å². The summed E-state index contributed by atoms with van der Waals surface area (Å²) >= 11 is 0. The van der Waals surface area contributed by atoms with Gasteiger partial charge < -0.3 is 9.64 Å². The van der Waals surface area contributed by atoms with Crippen molar-refractivity contribution in [1.82, 2.24) is 14.7 Å². The summed E-state index contributed by atoms with van der Waals surface area (Å²) in [6.45, 7) is 15.8. The summed E-state index contributed by atoms with van der Waals surface area (Å²) in [5.41, 5.74) is 1.33. The molecule has 2 aliphatic rings. The van der Waals surface area contributed by atoms with Crippen LogP contribution in [0, 0.1) is 12.8 Å². The van der Waals surface area contributed by atoms with Crippen molar-refractivity contribution in [3.05, 3.63) is 18.0 Å². The molecule has 0 radical (unpaired) electrons. The minimum Gasteiger partial charge on any atom is -0.372 e. The molecule has 2 heterocycles. The third-order valence-corrected chi connectivity index (χ3v) is 4.52. The molecule has 1 aliphatic carbocycles. The van der Waals surface area contributed by atoms with Crippen molar-refractivity contribution in [2.45, 2.75) is 72.4 Å². The van der Waals surface area contributed by atoms with Crippen LogP contribution in [0.5, 0.6) is 0 Å². The van der Waals surface area contributed by atoms with Crippen LogP contribution in [0.2, 0.25) is 0 Å². The second-order valence-electron chi connectivity index (χ2n) is 7.15. The lowest BCUT2D eigenvalue weighted by Gasteiger charge is -2.39. The molecule has 1 aliphatic heterocycles. The lowest BCUT2D eigenvalue weighted by atomic mass is 9.98. The fraction of sp³-hybridized carbons (Fsp3) is 0.842. The van der Waals surface area contributed by atoms with Crippen LogP contribution >= 0.6 is 0 Å². The Hall–Kier alpha value is -0.870. The van der Waals surface area contributed by atoms with Crippen molar-refractivity contribution in [2.24, 2.45) is 5.92 Å². The molecule has 1 aromatic rings. The van der Waals surface area contributed by atoms with Gasteiger partial charge >= 0.3 is 0 Å². The molecule has 2 atom stereocenters. The molecule has 4 nitrogen and oxygen atoms in total. The van der Waals surface area contributed by atoms with Gasteiger partial charge in [0, 0.05) is 25.3 Å². The van der Waals surface area contributed by atoms with E-state index < -0.39 is 0 Å². The summed E-state index contributed by atoms with van der Waals surface area (Å²) in [5.74, 6) is 0.872. The molecular formula is C19H37N3O. The Kier molecular flexibility index (Phi) is 8.27. The highest BCUT2D eigenvalue weighted by molar-refractivity contribution is 4.95. The van der Waals surface area contributed by atoms with E-state index >= 15 is 0 Å². The Morgan fingerprint density at radius 3 is 2.43 bits per heavy atom. The van der Waals surface area contributed by atoms with E-state index in [9.17, 15) is 0 Å². The monoisotopic (exact) mass is 323 g/mol. The van der Waals surface area contributed by atoms with E-state index in [1.165, 1.54) is 19.3 Å². The first-order valence-corrected chi connectivity index (χ1v) is 9.24. The third kappa shape index (κ3) is 6.27. The van der Waals surface area contributed by atoms with Crippen molar-refractivity contribution in [2.75, 3.05) is 26.7 Å². The first-order valence-electron chi connectivity index (χ1n) is 9.24. The molecule has 0 bridgehead atoms. The van der Waals surface area contributed by atoms with Gasteiger partial charge in [0.1, 0.15) is 0 Å². The molecule has 1 saturated carbocycles. The molecule has 0 amide bonds. The van der Waals surface area contributed by atoms with E-state index in [1.807, 2.05) is 37.7 Å². The SMILES string of the molecule is CC.CC1CCC2(C1)CN(C)CCO2.Cc1ccn(C(C)C)n1. The fourth-order valence-corrected chi connectivity index (χ4v) is 3.38. The molecule has 3 rings (SSSR count). The van der Waals surface area contributed by atoms with Crippen molar-refractivity contribution in [3.63, 3.8) is 0 Å². The number of hydrogen-bond donors (Lipinski definition) is 0. The van der Waals surface area contributed by atoms with E-state index in [1.54, 1.807) is 0 Å². The summed E-state index contributed by atoms with van der Waals surface area (Å²) < 4.78 is 7.88. The lowest BCUT2D eigenvalue weighted by Crippen LogP contribution is -2.48. The maximum absolute atomic E-state index is 5.93. The number of ether oxygens (including phenoxy) is 1. The van der Waals surface area contributed by atoms with Crippen molar-refractivity contribution in [3.8, 4) is 0 Å². The third-order valence-electron chi connectivity index (χ3n) is 4.52. The first-order chi connectivity index (χ1) is 10.9. The van der Waals surface area contributed by atoms with Gasteiger partial charge in [-0.1, -0.05) is 20.8 Å². The van der Waals surface area contributed by atoms with Crippen LogP contribution in [-0.2, 0) is 4.74 Å². The summed E-state index contributed by atoms with van der Waals surface area (Å²) in [4.78, 5) is 2.40. The molecule has 0 aromatic carbocycles. The topological polar surface area (TPSA) is 30.3 Å². The van der Waals surface area contributed by atoms with Crippen LogP contribution in [0.15, 0.2) is 12.3 Å². The van der Waals surface area contributed by atoms with Gasteiger partial charge in [-0.05, 0) is 59.1 Å². The average Bonchev–Trinajstić information content (AvgIpc) is 3.09. The van der Waals surface area contributed by atoms with E-state index in [2.05, 4.69) is 37.8 Å². The van der Waals surface area contributed by atoms with Crippen molar-refractivity contribution < 1.29 is 4.74 Å². The number of aromatic nitrogens is 2. The Morgan fingerprint density at radius 2 is 2.04 bits per heavy atom. The van der Waals surface area contributed by atoms with E-state index in [0.29, 0.717) is 6.04 Å². The lowest BCUT2D eigenvalue weighted by molar-refractivity contribution is -0.0998. The predicted molar refractivity (Wildman–Crippen MR) is 97.9 cm³/mol. The summed E-state index contributed by atoms with van der Waals surface area (Å²) in [6.07, 6.45) is 5.91. The van der Waals surface area contributed by atoms with Gasteiger partial charge in [-0.3, -0.25) is 4.68 Å². The Bertz CT molecular complexity index is 440. The molecule has 2 fully saturated rings. The molecule has 2 unspecified atom stereocenters. The largest absolute Gasteiger partial charge is 0.372 e. The normalized spacial score (nSPS) is 27.4. The first kappa shape index (κ1) is 20.2. The highest BCUT2D eigenvalue weighted by Gasteiger charge is 2.41. The summed E-state index contributed by atoms with van der Waals surface area (Å²) in [6, 6.07) is 2.50. The van der Waals surface area contributed by atoms with Gasteiger partial charge in [-0.25, -0.2) is 0 Å². The number of hydrogen-bond acceptors (Lipinski definition) is 3. The van der Waals surface area contributed by atoms with Crippen molar-refractivity contribution in [1.29, 1.82) is 0 Å². The van der Waals surface area contributed by atoms with Gasteiger partial charge in [-0.2, -0.15) is 5.10 Å². The fourth-order valence-electron chi connectivity index (χ4n) is 3.38. The number of morpholine rings is 1. The average molecular weight is 324 g/mol. The molecule has 4 heteroatoms. The molecule has 1 aromatic heterocycles. The van der Waals surface area contributed by atoms with E-state index in [0.717, 1.165) is 31.3 Å². The number of rotatable bonds is 1. The highest BCUT2D eigenvalue weighted by atomic mass is 16.5. The number of likely N-dealkylation sites (N-methyl/N-ethyl adjacent to an activating group) is 1. The zero-order valence-corrected chi connectivity index (χ0v) is 16.3. The number of nitrogens with zero attached hydrogens (tertiary/aromatic N) is 3. The van der Waals surface area contributed by atoms with Crippen LogP contribution in [0.3, 0.4) is 0 Å². The standard InChI is InChI=1S/C10H19NO.C7H12N2.C2H6/c1-9-3-4-10(7-9)8-11(2)5-6-12-10;1-6(2)9-5-4-7(3)8-9;1-2/h9H,3-8H2,1-2H3;4-6H,1-3H3;1-2H3. The molecule has 134 valence electrons. The maximum atomic E-state index is 5.93. The van der Waals surface area contributed by atoms with E-state index in [-0.39, 0.29) is 5.60 Å². The molecule has 1 spiro atoms. The van der Waals surface area contributed by atoms with Crippen LogP contribution in [0.25, 0.3) is 0 Å². The van der Waals surface area contributed by atoms with Gasteiger partial charge in [-0.15, -0.1) is 0 Å². The van der Waals surface area contributed by atoms with Crippen LogP contribution in [0.1, 0.15) is 65.6 Å². The second-order valence-corrected chi connectivity index (χ2v) is 7.15. The minimum absolute atomic E-state index is 0.242. The highest BCUT2D eigenvalue weighted by Crippen LogP contribution is 2.38. The summed E-state index contributed by atoms with van der Waals surface area (Å²) in [7, 11) is 2.20. The molecule has 0 N–H and O–H groups in total. The zero-order valence-electron chi connectivity index (χ0n) is 16.3. The minimum atomic E-state index is 0.242. The molecule has 1 saturated heterocycles. The molecular weight excluding hydrogens is 286 g/mol. The van der Waals surface area contributed by atoms with Crippen LogP contribution < -0.4 is 0 Å². The quantitative estimate of drug-likeness (QED) is 0.771. The predicted octanol–water partition coefficient (Wildman–Crippen LogP) is 4.31. The van der Waals surface area contributed by atoms with Gasteiger partial charge in [0.15, 0.2) is 0 Å². The number of aryl methyl sites for hydroxylation is 1. The van der Waals surface area contributed by atoms with Gasteiger partial charge in [0.2, 0.25) is 0 Å². The van der Waals surface area contributed by atoms with Gasteiger partial charge in [0.25, 0.3) is 0 Å². The molecule has 23 heavy (non-hydrogen) atoms. The Morgan fingerprint density at radius 1 is 1.35 bits per heavy atom. The van der Waals surface area contributed by atoms with Gasteiger partial charge in [0.05, 0.1) is 17.9 Å². The van der Waals surface area contributed by atoms with E-state index in [4.69, 9.17) is 4.74 Å². The van der Waals surface area contributed by atoms with Crippen molar-refractivity contribution >= 4 is 0 Å². The van der Waals surface area contributed by atoms with Crippen LogP contribution in [-0.4, -0.2) is 47.0 Å². The summed E-state index contributed by atoms with van der Waals surface area (Å²) in [5, 5.41) is 4.23.